The summed E-state index contributed by atoms with van der Waals surface area (Å²) in [6, 6.07) is 2.59. The van der Waals surface area contributed by atoms with Gasteiger partial charge in [-0.1, -0.05) is 0 Å². The predicted molar refractivity (Wildman–Crippen MR) is 69.5 cm³/mol. The van der Waals surface area contributed by atoms with E-state index < -0.39 is 23.9 Å². The van der Waals surface area contributed by atoms with E-state index in [1.165, 1.54) is 13.2 Å². The Bertz CT molecular complexity index is 438. The molecule has 0 aliphatic heterocycles. The highest BCUT2D eigenvalue weighted by molar-refractivity contribution is 5.40. The van der Waals surface area contributed by atoms with Crippen molar-refractivity contribution in [3.05, 3.63) is 29.3 Å². The first-order valence-corrected chi connectivity index (χ1v) is 6.15. The van der Waals surface area contributed by atoms with E-state index in [9.17, 15) is 18.3 Å². The van der Waals surface area contributed by atoms with E-state index in [4.69, 9.17) is 10.5 Å². The first-order chi connectivity index (χ1) is 9.35. The van der Waals surface area contributed by atoms with Crippen LogP contribution in [0.1, 0.15) is 23.7 Å². The van der Waals surface area contributed by atoms with Gasteiger partial charge in [-0.2, -0.15) is 13.2 Å². The molecule has 0 bridgehead atoms. The van der Waals surface area contributed by atoms with Gasteiger partial charge in [0.05, 0.1) is 18.8 Å². The van der Waals surface area contributed by atoms with Crippen LogP contribution in [0, 0.1) is 0 Å². The molecule has 0 heterocycles. The first kappa shape index (κ1) is 16.7. The van der Waals surface area contributed by atoms with Crippen LogP contribution in [0.3, 0.4) is 0 Å². The predicted octanol–water partition coefficient (Wildman–Crippen LogP) is 1.68. The molecular formula is C13H19F3N2O2. The highest BCUT2D eigenvalue weighted by Crippen LogP contribution is 2.35. The van der Waals surface area contributed by atoms with Crippen molar-refractivity contribution in [1.29, 1.82) is 0 Å². The number of methoxy groups -OCH3 is 1. The molecule has 0 spiro atoms. The Morgan fingerprint density at radius 1 is 1.40 bits per heavy atom. The van der Waals surface area contributed by atoms with Gasteiger partial charge in [-0.25, -0.2) is 0 Å². The van der Waals surface area contributed by atoms with Gasteiger partial charge in [0.2, 0.25) is 0 Å². The zero-order valence-electron chi connectivity index (χ0n) is 11.4. The highest BCUT2D eigenvalue weighted by atomic mass is 19.4. The fraction of sp³-hybridized carbons (Fsp3) is 0.538. The van der Waals surface area contributed by atoms with Crippen LogP contribution < -0.4 is 15.8 Å². The number of nitrogens with two attached hydrogens (primary N) is 1. The van der Waals surface area contributed by atoms with Crippen LogP contribution in [0.25, 0.3) is 0 Å². The van der Waals surface area contributed by atoms with Gasteiger partial charge < -0.3 is 20.9 Å². The first-order valence-electron chi connectivity index (χ1n) is 6.15. The maximum atomic E-state index is 12.7. The number of hydrogen-bond acceptors (Lipinski definition) is 4. The van der Waals surface area contributed by atoms with Crippen molar-refractivity contribution in [2.75, 3.05) is 20.7 Å². The maximum Gasteiger partial charge on any atom is 0.416 e. The number of rotatable bonds is 6. The molecule has 4 N–H and O–H groups in total. The molecule has 0 aliphatic rings. The molecule has 1 aromatic carbocycles. The number of ether oxygens (including phenoxy) is 1. The number of nitrogens with one attached hydrogen (secondary N) is 1. The number of aliphatic hydroxyl groups excluding tert-OH is 1. The van der Waals surface area contributed by atoms with E-state index in [0.717, 1.165) is 12.1 Å². The third kappa shape index (κ3) is 3.84. The number of halogens is 3. The number of benzene rings is 1. The van der Waals surface area contributed by atoms with Crippen molar-refractivity contribution in [3.8, 4) is 5.75 Å². The summed E-state index contributed by atoms with van der Waals surface area (Å²) in [5.74, 6) is 0.211. The molecule has 0 amide bonds. The summed E-state index contributed by atoms with van der Waals surface area (Å²) in [7, 11) is 2.96. The fourth-order valence-corrected chi connectivity index (χ4v) is 2.00. The van der Waals surface area contributed by atoms with Crippen LogP contribution in [0.4, 0.5) is 13.2 Å². The zero-order valence-corrected chi connectivity index (χ0v) is 11.4. The molecule has 1 aromatic rings. The summed E-state index contributed by atoms with van der Waals surface area (Å²) in [4.78, 5) is 0. The Balaban J connectivity index is 3.19. The average Bonchev–Trinajstić information content (AvgIpc) is 2.42. The van der Waals surface area contributed by atoms with Crippen LogP contribution in [0.2, 0.25) is 0 Å². The summed E-state index contributed by atoms with van der Waals surface area (Å²) in [6.07, 6.45) is -5.18. The quantitative estimate of drug-likeness (QED) is 0.746. The van der Waals surface area contributed by atoms with Gasteiger partial charge in [-0.05, 0) is 38.2 Å². The summed E-state index contributed by atoms with van der Waals surface area (Å²) in [5.41, 5.74) is 4.70. The fourth-order valence-electron chi connectivity index (χ4n) is 2.00. The largest absolute Gasteiger partial charge is 0.496 e. The Labute approximate surface area is 115 Å². The molecule has 1 rings (SSSR count). The van der Waals surface area contributed by atoms with E-state index in [1.54, 1.807) is 7.05 Å². The normalized spacial score (nSPS) is 14.9. The highest BCUT2D eigenvalue weighted by Gasteiger charge is 2.32. The molecular weight excluding hydrogens is 273 g/mol. The van der Waals surface area contributed by atoms with Crippen LogP contribution in [-0.2, 0) is 6.18 Å². The smallest absolute Gasteiger partial charge is 0.416 e. The van der Waals surface area contributed by atoms with Gasteiger partial charge in [-0.3, -0.25) is 0 Å². The van der Waals surface area contributed by atoms with Crippen molar-refractivity contribution in [2.24, 2.45) is 5.73 Å². The molecule has 7 heteroatoms. The maximum absolute atomic E-state index is 12.7. The van der Waals surface area contributed by atoms with Gasteiger partial charge in [-0.15, -0.1) is 0 Å². The van der Waals surface area contributed by atoms with Crippen molar-refractivity contribution in [3.63, 3.8) is 0 Å². The standard InChI is InChI=1S/C13H19F3N2O2/c1-18-10(5-6-17)12(19)9-7-8(13(14,15)16)3-4-11(9)20-2/h3-4,7,10,12,18-19H,5-6,17H2,1-2H3. The summed E-state index contributed by atoms with van der Waals surface area (Å²) < 4.78 is 43.2. The average molecular weight is 292 g/mol. The van der Waals surface area contributed by atoms with Crippen LogP contribution in [0.5, 0.6) is 5.75 Å². The van der Waals surface area contributed by atoms with Crippen LogP contribution in [0.15, 0.2) is 18.2 Å². The second-order valence-electron chi connectivity index (χ2n) is 4.37. The monoisotopic (exact) mass is 292 g/mol. The van der Waals surface area contributed by atoms with E-state index in [2.05, 4.69) is 5.32 Å². The van der Waals surface area contributed by atoms with Gasteiger partial charge >= 0.3 is 6.18 Å². The van der Waals surface area contributed by atoms with E-state index in [1.807, 2.05) is 0 Å². The van der Waals surface area contributed by atoms with E-state index >= 15 is 0 Å². The van der Waals surface area contributed by atoms with Crippen molar-refractivity contribution in [2.45, 2.75) is 24.7 Å². The SMILES string of the molecule is CNC(CCN)C(O)c1cc(C(F)(F)F)ccc1OC. The third-order valence-corrected chi connectivity index (χ3v) is 3.11. The van der Waals surface area contributed by atoms with Gasteiger partial charge in [0.1, 0.15) is 5.75 Å². The number of alkyl halides is 3. The molecule has 2 atom stereocenters. The lowest BCUT2D eigenvalue weighted by Crippen LogP contribution is -2.34. The minimum Gasteiger partial charge on any atom is -0.496 e. The molecule has 0 saturated carbocycles. The Morgan fingerprint density at radius 2 is 2.05 bits per heavy atom. The summed E-state index contributed by atoms with van der Waals surface area (Å²) in [6.45, 7) is 0.309. The molecule has 0 fully saturated rings. The molecule has 4 nitrogen and oxygen atoms in total. The second-order valence-corrected chi connectivity index (χ2v) is 4.37. The number of hydrogen-bond donors (Lipinski definition) is 3. The lowest BCUT2D eigenvalue weighted by Gasteiger charge is -2.24. The van der Waals surface area contributed by atoms with Crippen LogP contribution >= 0.6 is 0 Å². The van der Waals surface area contributed by atoms with Gasteiger partial charge in [0, 0.05) is 11.6 Å². The molecule has 0 aromatic heterocycles. The topological polar surface area (TPSA) is 67.5 Å². The Kier molecular flexibility index (Phi) is 5.79. The molecule has 114 valence electrons. The Hall–Kier alpha value is -1.31. The summed E-state index contributed by atoms with van der Waals surface area (Å²) >= 11 is 0. The van der Waals surface area contributed by atoms with Crippen molar-refractivity contribution < 1.29 is 23.0 Å². The second kappa shape index (κ2) is 6.92. The van der Waals surface area contributed by atoms with Crippen LogP contribution in [-0.4, -0.2) is 31.9 Å². The lowest BCUT2D eigenvalue weighted by molar-refractivity contribution is -0.137. The molecule has 2 unspecified atom stereocenters. The zero-order chi connectivity index (χ0) is 15.3. The van der Waals surface area contributed by atoms with E-state index in [0.29, 0.717) is 13.0 Å². The molecule has 0 radical (unpaired) electrons. The minimum absolute atomic E-state index is 0.0927. The van der Waals surface area contributed by atoms with Gasteiger partial charge in [0.25, 0.3) is 0 Å². The molecule has 20 heavy (non-hydrogen) atoms. The number of aliphatic hydroxyl groups is 1. The van der Waals surface area contributed by atoms with Crippen molar-refractivity contribution in [1.82, 2.24) is 5.32 Å². The molecule has 0 aliphatic carbocycles. The third-order valence-electron chi connectivity index (χ3n) is 3.11. The number of likely N-dealkylation sites (N-methyl/N-ethyl adjacent to an activating group) is 1. The Morgan fingerprint density at radius 3 is 2.50 bits per heavy atom. The molecule has 0 saturated heterocycles. The van der Waals surface area contributed by atoms with Crippen molar-refractivity contribution >= 4 is 0 Å². The van der Waals surface area contributed by atoms with E-state index in [-0.39, 0.29) is 11.3 Å². The van der Waals surface area contributed by atoms with Gasteiger partial charge in [0.15, 0.2) is 0 Å². The summed E-state index contributed by atoms with van der Waals surface area (Å²) in [5, 5.41) is 13.1. The minimum atomic E-state index is -4.47. The lowest BCUT2D eigenvalue weighted by atomic mass is 9.97.